The van der Waals surface area contributed by atoms with E-state index in [0.717, 1.165) is 8.47 Å². The van der Waals surface area contributed by atoms with Gasteiger partial charge in [-0.3, -0.25) is 24.6 Å². The van der Waals surface area contributed by atoms with Crippen molar-refractivity contribution < 1.29 is 19.3 Å². The number of carbonyl (C=O) groups is 3. The summed E-state index contributed by atoms with van der Waals surface area (Å²) < 4.78 is 0.963. The third kappa shape index (κ3) is 3.54. The van der Waals surface area contributed by atoms with E-state index < -0.39 is 22.4 Å². The first-order valence-corrected chi connectivity index (χ1v) is 8.98. The molecule has 0 aromatic heterocycles. The number of benzene rings is 2. The topological polar surface area (TPSA) is 110 Å². The lowest BCUT2D eigenvalue weighted by Gasteiger charge is -2.22. The lowest BCUT2D eigenvalue weighted by molar-refractivity contribution is -0.384. The van der Waals surface area contributed by atoms with Gasteiger partial charge in [-0.2, -0.15) is 0 Å². The van der Waals surface area contributed by atoms with Crippen molar-refractivity contribution in [3.05, 3.63) is 73.3 Å². The minimum absolute atomic E-state index is 0.120. The van der Waals surface area contributed by atoms with Gasteiger partial charge in [-0.15, -0.1) is 0 Å². The van der Waals surface area contributed by atoms with Gasteiger partial charge in [0.25, 0.3) is 11.6 Å². The van der Waals surface area contributed by atoms with Crippen LogP contribution in [0.4, 0.5) is 10.5 Å². The molecule has 1 unspecified atom stereocenters. The van der Waals surface area contributed by atoms with Crippen LogP contribution >= 0.6 is 22.6 Å². The molecule has 0 spiro atoms. The number of rotatable bonds is 5. The molecule has 1 heterocycles. The van der Waals surface area contributed by atoms with E-state index in [1.807, 2.05) is 0 Å². The molecule has 1 atom stereocenters. The normalized spacial score (nSPS) is 19.1. The minimum Gasteiger partial charge on any atom is -0.319 e. The number of nitrogens with zero attached hydrogens (tertiary/aromatic N) is 2. The molecule has 2 aromatic carbocycles. The van der Waals surface area contributed by atoms with Crippen LogP contribution in [0.25, 0.3) is 0 Å². The predicted octanol–water partition coefficient (Wildman–Crippen LogP) is 2.85. The van der Waals surface area contributed by atoms with Crippen molar-refractivity contribution in [3.8, 4) is 0 Å². The van der Waals surface area contributed by atoms with Crippen LogP contribution in [0.5, 0.6) is 0 Å². The minimum atomic E-state index is -1.39. The zero-order chi connectivity index (χ0) is 19.8. The van der Waals surface area contributed by atoms with Crippen LogP contribution in [-0.4, -0.2) is 34.1 Å². The summed E-state index contributed by atoms with van der Waals surface area (Å²) in [5.74, 6) is -0.942. The number of Topliss-reactive ketones (excluding diaryl/α,β-unsaturated/α-hetero) is 1. The summed E-state index contributed by atoms with van der Waals surface area (Å²) in [7, 11) is 0. The summed E-state index contributed by atoms with van der Waals surface area (Å²) in [5.41, 5.74) is -0.709. The van der Waals surface area contributed by atoms with Gasteiger partial charge in [-0.1, -0.05) is 12.1 Å². The summed E-state index contributed by atoms with van der Waals surface area (Å²) in [5, 5.41) is 13.4. The molecule has 8 nitrogen and oxygen atoms in total. The molecule has 0 aliphatic carbocycles. The highest BCUT2D eigenvalue weighted by Crippen LogP contribution is 2.30. The number of imide groups is 1. The lowest BCUT2D eigenvalue weighted by Crippen LogP contribution is -2.41. The molecule has 2 aromatic rings. The Morgan fingerprint density at radius 3 is 2.30 bits per heavy atom. The average Bonchev–Trinajstić information content (AvgIpc) is 2.86. The summed E-state index contributed by atoms with van der Waals surface area (Å²) in [6.45, 7) is 1.12. The first kappa shape index (κ1) is 19.0. The Bertz CT molecular complexity index is 942. The number of ketones is 1. The molecule has 9 heteroatoms. The van der Waals surface area contributed by atoms with E-state index >= 15 is 0 Å². The maximum atomic E-state index is 12.8. The van der Waals surface area contributed by atoms with Gasteiger partial charge in [0.05, 0.1) is 11.5 Å². The molecule has 1 aliphatic rings. The smallest absolute Gasteiger partial charge is 0.319 e. The van der Waals surface area contributed by atoms with Gasteiger partial charge in [0, 0.05) is 21.3 Å². The van der Waals surface area contributed by atoms with Gasteiger partial charge in [0.1, 0.15) is 5.54 Å². The standard InChI is InChI=1S/C18H14IN3O5/c1-18(12-4-8-14(9-5-12)22(26)27)16(24)21(17(25)20-18)10-15(23)11-2-6-13(19)7-3-11/h2-9H,10H2,1H3,(H,20,25). The number of carbonyl (C=O) groups excluding carboxylic acids is 3. The fourth-order valence-corrected chi connectivity index (χ4v) is 3.18. The molecule has 1 fully saturated rings. The maximum absolute atomic E-state index is 12.8. The largest absolute Gasteiger partial charge is 0.325 e. The quantitative estimate of drug-likeness (QED) is 0.233. The highest BCUT2D eigenvalue weighted by Gasteiger charge is 2.49. The van der Waals surface area contributed by atoms with E-state index in [9.17, 15) is 24.5 Å². The van der Waals surface area contributed by atoms with Crippen molar-refractivity contribution in [1.29, 1.82) is 0 Å². The summed E-state index contributed by atoms with van der Waals surface area (Å²) >= 11 is 2.11. The number of nitrogens with one attached hydrogen (secondary N) is 1. The van der Waals surface area contributed by atoms with Crippen molar-refractivity contribution in [2.45, 2.75) is 12.5 Å². The second-order valence-electron chi connectivity index (χ2n) is 6.18. The zero-order valence-corrected chi connectivity index (χ0v) is 16.3. The molecule has 138 valence electrons. The summed E-state index contributed by atoms with van der Waals surface area (Å²) in [4.78, 5) is 48.6. The Morgan fingerprint density at radius 1 is 1.15 bits per heavy atom. The molecular formula is C18H14IN3O5. The Kier molecular flexibility index (Phi) is 4.96. The van der Waals surface area contributed by atoms with Crippen LogP contribution in [0.3, 0.4) is 0 Å². The van der Waals surface area contributed by atoms with Gasteiger partial charge < -0.3 is 5.32 Å². The Morgan fingerprint density at radius 2 is 1.74 bits per heavy atom. The number of halogens is 1. The molecule has 1 saturated heterocycles. The number of nitro benzene ring substituents is 1. The number of nitro groups is 1. The molecular weight excluding hydrogens is 465 g/mol. The van der Waals surface area contributed by atoms with Crippen LogP contribution < -0.4 is 5.32 Å². The van der Waals surface area contributed by atoms with E-state index in [1.165, 1.54) is 31.2 Å². The third-order valence-corrected chi connectivity index (χ3v) is 5.12. The van der Waals surface area contributed by atoms with Crippen LogP contribution in [0.15, 0.2) is 48.5 Å². The molecule has 0 saturated carbocycles. The van der Waals surface area contributed by atoms with E-state index in [-0.39, 0.29) is 18.0 Å². The van der Waals surface area contributed by atoms with Crippen LogP contribution in [-0.2, 0) is 10.3 Å². The monoisotopic (exact) mass is 479 g/mol. The predicted molar refractivity (Wildman–Crippen MR) is 104 cm³/mol. The Labute approximate surface area is 167 Å². The van der Waals surface area contributed by atoms with Crippen molar-refractivity contribution in [2.24, 2.45) is 0 Å². The molecule has 3 amide bonds. The highest BCUT2D eigenvalue weighted by molar-refractivity contribution is 14.1. The fraction of sp³-hybridized carbons (Fsp3) is 0.167. The van der Waals surface area contributed by atoms with E-state index in [2.05, 4.69) is 27.9 Å². The second kappa shape index (κ2) is 7.06. The SMILES string of the molecule is CC1(c2ccc([N+](=O)[O-])cc2)NC(=O)N(CC(=O)c2ccc(I)cc2)C1=O. The van der Waals surface area contributed by atoms with Crippen molar-refractivity contribution >= 4 is 46.0 Å². The fourth-order valence-electron chi connectivity index (χ4n) is 2.82. The van der Waals surface area contributed by atoms with Gasteiger partial charge in [-0.25, -0.2) is 4.79 Å². The lowest BCUT2D eigenvalue weighted by atomic mass is 9.92. The van der Waals surface area contributed by atoms with Crippen LogP contribution in [0.2, 0.25) is 0 Å². The van der Waals surface area contributed by atoms with Crippen molar-refractivity contribution in [3.63, 3.8) is 0 Å². The average molecular weight is 479 g/mol. The first-order chi connectivity index (χ1) is 12.7. The number of hydrogen-bond acceptors (Lipinski definition) is 5. The van der Waals surface area contributed by atoms with Crippen LogP contribution in [0.1, 0.15) is 22.8 Å². The van der Waals surface area contributed by atoms with Crippen molar-refractivity contribution in [2.75, 3.05) is 6.54 Å². The molecule has 27 heavy (non-hydrogen) atoms. The second-order valence-corrected chi connectivity index (χ2v) is 7.43. The number of urea groups is 1. The van der Waals surface area contributed by atoms with E-state index in [0.29, 0.717) is 11.1 Å². The Balaban J connectivity index is 1.82. The molecule has 1 N–H and O–H groups in total. The van der Waals surface area contributed by atoms with Crippen molar-refractivity contribution in [1.82, 2.24) is 10.2 Å². The Hall–Kier alpha value is -2.82. The summed E-state index contributed by atoms with van der Waals surface area (Å²) in [6.07, 6.45) is 0. The van der Waals surface area contributed by atoms with E-state index in [4.69, 9.17) is 0 Å². The highest BCUT2D eigenvalue weighted by atomic mass is 127. The van der Waals surface area contributed by atoms with Gasteiger partial charge >= 0.3 is 6.03 Å². The molecule has 1 aliphatic heterocycles. The van der Waals surface area contributed by atoms with Gasteiger partial charge in [0.15, 0.2) is 5.78 Å². The first-order valence-electron chi connectivity index (χ1n) is 7.90. The summed E-state index contributed by atoms with van der Waals surface area (Å²) in [6, 6.07) is 11.5. The van der Waals surface area contributed by atoms with Gasteiger partial charge in [0.2, 0.25) is 0 Å². The van der Waals surface area contributed by atoms with Crippen LogP contribution in [0, 0.1) is 13.7 Å². The molecule has 0 bridgehead atoms. The molecule has 0 radical (unpaired) electrons. The number of hydrogen-bond donors (Lipinski definition) is 1. The third-order valence-electron chi connectivity index (χ3n) is 4.40. The number of amides is 3. The maximum Gasteiger partial charge on any atom is 0.325 e. The molecule has 3 rings (SSSR count). The zero-order valence-electron chi connectivity index (χ0n) is 14.1. The van der Waals surface area contributed by atoms with E-state index in [1.54, 1.807) is 24.3 Å². The number of non-ortho nitro benzene ring substituents is 1. The van der Waals surface area contributed by atoms with Gasteiger partial charge in [-0.05, 0) is 59.3 Å².